The smallest absolute Gasteiger partial charge is 0.315 e. The molecule has 2 saturated carbocycles. The van der Waals surface area contributed by atoms with E-state index in [4.69, 9.17) is 0 Å². The van der Waals surface area contributed by atoms with Crippen molar-refractivity contribution >= 4 is 17.9 Å². The lowest BCUT2D eigenvalue weighted by Crippen LogP contribution is -2.51. The van der Waals surface area contributed by atoms with Crippen molar-refractivity contribution in [3.63, 3.8) is 0 Å². The van der Waals surface area contributed by atoms with Crippen LogP contribution in [-0.4, -0.2) is 54.1 Å². The summed E-state index contributed by atoms with van der Waals surface area (Å²) < 4.78 is 0. The van der Waals surface area contributed by atoms with Gasteiger partial charge in [0.1, 0.15) is 0 Å². The number of fused-ring (bicyclic) bond motifs is 2. The highest BCUT2D eigenvalue weighted by Gasteiger charge is 2.51. The van der Waals surface area contributed by atoms with Crippen LogP contribution in [0.4, 0.5) is 4.79 Å². The molecule has 0 aromatic heterocycles. The third-order valence-electron chi connectivity index (χ3n) is 4.80. The first-order valence-electron chi connectivity index (χ1n) is 7.45. The van der Waals surface area contributed by atoms with Gasteiger partial charge in [0, 0.05) is 19.6 Å². The van der Waals surface area contributed by atoms with Gasteiger partial charge in [-0.05, 0) is 38.0 Å². The maximum Gasteiger partial charge on any atom is 0.315 e. The molecule has 0 aromatic carbocycles. The van der Waals surface area contributed by atoms with Crippen molar-refractivity contribution in [3.05, 3.63) is 0 Å². The highest BCUT2D eigenvalue weighted by Crippen LogP contribution is 2.48. The Morgan fingerprint density at radius 1 is 1.24 bits per heavy atom. The summed E-state index contributed by atoms with van der Waals surface area (Å²) in [5, 5.41) is 14.6. The number of amides is 3. The minimum absolute atomic E-state index is 0.0747. The number of nitrogens with one attached hydrogen (secondary N) is 2. The van der Waals surface area contributed by atoms with Gasteiger partial charge >= 0.3 is 12.0 Å². The molecule has 2 aliphatic rings. The van der Waals surface area contributed by atoms with Crippen LogP contribution in [0.25, 0.3) is 0 Å². The Kier molecular flexibility index (Phi) is 4.69. The molecule has 4 atom stereocenters. The lowest BCUT2D eigenvalue weighted by atomic mass is 9.84. The molecular weight excluding hydrogens is 274 g/mol. The van der Waals surface area contributed by atoms with Gasteiger partial charge in [-0.3, -0.25) is 9.59 Å². The lowest BCUT2D eigenvalue weighted by Gasteiger charge is -2.28. The molecule has 2 rings (SSSR count). The Labute approximate surface area is 124 Å². The van der Waals surface area contributed by atoms with Crippen LogP contribution in [-0.2, 0) is 9.59 Å². The minimum atomic E-state index is -0.839. The predicted octanol–water partition coefficient (Wildman–Crippen LogP) is 0.263. The van der Waals surface area contributed by atoms with Crippen LogP contribution in [0.15, 0.2) is 0 Å². The standard InChI is InChI=1S/C14H23N3O4/c1-3-17(2)10(18)7-15-14(21)16-12-9-5-4-8(6-9)11(12)13(19)20/h8-9,11-12H,3-7H2,1-2H3,(H,19,20)(H2,15,16,21). The average molecular weight is 297 g/mol. The number of likely N-dealkylation sites (N-methyl/N-ethyl adjacent to an activating group) is 1. The summed E-state index contributed by atoms with van der Waals surface area (Å²) >= 11 is 0. The second-order valence-electron chi connectivity index (χ2n) is 5.96. The number of aliphatic carboxylic acids is 1. The van der Waals surface area contributed by atoms with Crippen molar-refractivity contribution in [2.24, 2.45) is 17.8 Å². The van der Waals surface area contributed by atoms with E-state index in [1.807, 2.05) is 6.92 Å². The first-order valence-corrected chi connectivity index (χ1v) is 7.45. The summed E-state index contributed by atoms with van der Waals surface area (Å²) in [5.74, 6) is -1.09. The zero-order chi connectivity index (χ0) is 15.6. The molecule has 3 amide bonds. The second kappa shape index (κ2) is 6.32. The zero-order valence-electron chi connectivity index (χ0n) is 12.5. The molecule has 0 radical (unpaired) electrons. The van der Waals surface area contributed by atoms with Gasteiger partial charge in [-0.2, -0.15) is 0 Å². The topological polar surface area (TPSA) is 98.7 Å². The number of rotatable bonds is 5. The van der Waals surface area contributed by atoms with Crippen LogP contribution in [0.1, 0.15) is 26.2 Å². The second-order valence-corrected chi connectivity index (χ2v) is 5.96. The van der Waals surface area contributed by atoms with Gasteiger partial charge in [0.25, 0.3) is 0 Å². The molecular formula is C14H23N3O4. The Morgan fingerprint density at radius 2 is 1.90 bits per heavy atom. The van der Waals surface area contributed by atoms with E-state index in [1.165, 1.54) is 4.90 Å². The molecule has 118 valence electrons. The Hall–Kier alpha value is -1.79. The third-order valence-corrected chi connectivity index (χ3v) is 4.80. The summed E-state index contributed by atoms with van der Waals surface area (Å²) in [7, 11) is 1.66. The molecule has 7 nitrogen and oxygen atoms in total. The van der Waals surface area contributed by atoms with Gasteiger partial charge in [-0.25, -0.2) is 4.79 Å². The van der Waals surface area contributed by atoms with Crippen LogP contribution in [0, 0.1) is 17.8 Å². The zero-order valence-corrected chi connectivity index (χ0v) is 12.5. The fourth-order valence-corrected chi connectivity index (χ4v) is 3.52. The van der Waals surface area contributed by atoms with Crippen molar-refractivity contribution in [1.82, 2.24) is 15.5 Å². The molecule has 2 aliphatic carbocycles. The normalized spacial score (nSPS) is 30.0. The van der Waals surface area contributed by atoms with E-state index in [0.29, 0.717) is 6.54 Å². The fourth-order valence-electron chi connectivity index (χ4n) is 3.52. The molecule has 21 heavy (non-hydrogen) atoms. The molecule has 0 aromatic rings. The molecule has 2 fully saturated rings. The third kappa shape index (κ3) is 3.28. The van der Waals surface area contributed by atoms with Crippen molar-refractivity contribution < 1.29 is 19.5 Å². The predicted molar refractivity (Wildman–Crippen MR) is 75.6 cm³/mol. The fraction of sp³-hybridized carbons (Fsp3) is 0.786. The SMILES string of the molecule is CCN(C)C(=O)CNC(=O)NC1C2CCC(C2)C1C(=O)O. The van der Waals surface area contributed by atoms with Gasteiger partial charge in [-0.15, -0.1) is 0 Å². The van der Waals surface area contributed by atoms with Crippen LogP contribution in [0.5, 0.6) is 0 Å². The van der Waals surface area contributed by atoms with Crippen molar-refractivity contribution in [2.75, 3.05) is 20.1 Å². The van der Waals surface area contributed by atoms with E-state index in [-0.39, 0.29) is 30.3 Å². The Morgan fingerprint density at radius 3 is 2.52 bits per heavy atom. The number of carboxylic acid groups (broad SMARTS) is 1. The molecule has 0 heterocycles. The molecule has 0 saturated heterocycles. The van der Waals surface area contributed by atoms with Crippen LogP contribution in [0.3, 0.4) is 0 Å². The van der Waals surface area contributed by atoms with E-state index in [2.05, 4.69) is 10.6 Å². The van der Waals surface area contributed by atoms with Crippen LogP contribution < -0.4 is 10.6 Å². The van der Waals surface area contributed by atoms with E-state index in [0.717, 1.165) is 19.3 Å². The van der Waals surface area contributed by atoms with E-state index >= 15 is 0 Å². The van der Waals surface area contributed by atoms with Crippen molar-refractivity contribution in [3.8, 4) is 0 Å². The molecule has 0 aliphatic heterocycles. The van der Waals surface area contributed by atoms with Crippen molar-refractivity contribution in [2.45, 2.75) is 32.2 Å². The first kappa shape index (κ1) is 15.6. The summed E-state index contributed by atoms with van der Waals surface area (Å²) in [5.41, 5.74) is 0. The molecule has 0 spiro atoms. The highest BCUT2D eigenvalue weighted by atomic mass is 16.4. The summed E-state index contributed by atoms with van der Waals surface area (Å²) in [6.45, 7) is 2.36. The number of hydrogen-bond acceptors (Lipinski definition) is 3. The van der Waals surface area contributed by atoms with E-state index in [1.54, 1.807) is 7.05 Å². The van der Waals surface area contributed by atoms with Gasteiger partial charge in [0.05, 0.1) is 12.5 Å². The minimum Gasteiger partial charge on any atom is -0.481 e. The maximum atomic E-state index is 11.9. The molecule has 2 bridgehead atoms. The van der Waals surface area contributed by atoms with Gasteiger partial charge in [0.15, 0.2) is 0 Å². The number of hydrogen-bond donors (Lipinski definition) is 3. The van der Waals surface area contributed by atoms with Crippen LogP contribution >= 0.6 is 0 Å². The van der Waals surface area contributed by atoms with E-state index < -0.39 is 17.9 Å². The number of urea groups is 1. The first-order chi connectivity index (χ1) is 9.93. The lowest BCUT2D eigenvalue weighted by molar-refractivity contribution is -0.144. The monoisotopic (exact) mass is 297 g/mol. The number of nitrogens with zero attached hydrogens (tertiary/aromatic N) is 1. The number of carboxylic acids is 1. The summed E-state index contributed by atoms with van der Waals surface area (Å²) in [6, 6.07) is -0.781. The average Bonchev–Trinajstić information content (AvgIpc) is 3.04. The summed E-state index contributed by atoms with van der Waals surface area (Å²) in [6.07, 6.45) is 2.78. The quantitative estimate of drug-likeness (QED) is 0.678. The maximum absolute atomic E-state index is 11.9. The Bertz CT molecular complexity index is 440. The van der Waals surface area contributed by atoms with E-state index in [9.17, 15) is 19.5 Å². The van der Waals surface area contributed by atoms with Gasteiger partial charge in [-0.1, -0.05) is 0 Å². The largest absolute Gasteiger partial charge is 0.481 e. The highest BCUT2D eigenvalue weighted by molar-refractivity contribution is 5.84. The molecule has 3 N–H and O–H groups in total. The summed E-state index contributed by atoms with van der Waals surface area (Å²) in [4.78, 5) is 36.3. The number of carbonyl (C=O) groups excluding carboxylic acids is 2. The van der Waals surface area contributed by atoms with Gasteiger partial charge < -0.3 is 20.6 Å². The van der Waals surface area contributed by atoms with Crippen LogP contribution in [0.2, 0.25) is 0 Å². The van der Waals surface area contributed by atoms with Gasteiger partial charge in [0.2, 0.25) is 5.91 Å². The molecule has 7 heteroatoms. The Balaban J connectivity index is 1.85. The number of carbonyl (C=O) groups is 3. The van der Waals surface area contributed by atoms with Crippen molar-refractivity contribution in [1.29, 1.82) is 0 Å². The molecule has 4 unspecified atom stereocenters.